The summed E-state index contributed by atoms with van der Waals surface area (Å²) in [4.78, 5) is 11.8. The smallest absolute Gasteiger partial charge is 0.253 e. The lowest BCUT2D eigenvalue weighted by molar-refractivity contribution is 0.0948. The summed E-state index contributed by atoms with van der Waals surface area (Å²) >= 11 is 0. The lowest BCUT2D eigenvalue weighted by atomic mass is 10.1. The predicted octanol–water partition coefficient (Wildman–Crippen LogP) is 0.588. The van der Waals surface area contributed by atoms with Crippen LogP contribution in [0.25, 0.3) is 0 Å². The quantitative estimate of drug-likeness (QED) is 0.779. The molecule has 1 aliphatic heterocycles. The number of hydrogen-bond donors (Lipinski definition) is 2. The molecule has 0 bridgehead atoms. The first-order chi connectivity index (χ1) is 8.78. The van der Waals surface area contributed by atoms with Crippen molar-refractivity contribution in [2.24, 2.45) is 0 Å². The number of sulfone groups is 1. The molecule has 19 heavy (non-hydrogen) atoms. The molecule has 0 fully saturated rings. The van der Waals surface area contributed by atoms with Crippen LogP contribution in [-0.2, 0) is 9.84 Å². The number of amides is 1. The Balaban J connectivity index is 2.18. The SMILES string of the molecule is Nc1cc(F)c(F)cc1C(=O)NC1C=CS(=O)(=O)C1. The molecular weight excluding hydrogens is 278 g/mol. The normalized spacial score (nSPS) is 20.4. The van der Waals surface area contributed by atoms with Gasteiger partial charge in [-0.2, -0.15) is 0 Å². The van der Waals surface area contributed by atoms with Crippen LogP contribution in [0.2, 0.25) is 0 Å². The molecule has 5 nitrogen and oxygen atoms in total. The van der Waals surface area contributed by atoms with Crippen molar-refractivity contribution in [1.82, 2.24) is 5.32 Å². The number of rotatable bonds is 2. The van der Waals surface area contributed by atoms with Crippen LogP contribution in [0.4, 0.5) is 14.5 Å². The van der Waals surface area contributed by atoms with Crippen LogP contribution in [0.15, 0.2) is 23.6 Å². The summed E-state index contributed by atoms with van der Waals surface area (Å²) in [5.74, 6) is -3.38. The molecule has 8 heteroatoms. The zero-order chi connectivity index (χ0) is 14.2. The standard InChI is InChI=1S/C11H10F2N2O3S/c12-8-3-7(10(14)4-9(8)13)11(16)15-6-1-2-19(17,18)5-6/h1-4,6H,5,14H2,(H,15,16). The van der Waals surface area contributed by atoms with Crippen molar-refractivity contribution < 1.29 is 22.0 Å². The fraction of sp³-hybridized carbons (Fsp3) is 0.182. The Bertz CT molecular complexity index is 671. The van der Waals surface area contributed by atoms with Gasteiger partial charge in [-0.3, -0.25) is 4.79 Å². The molecule has 1 aromatic carbocycles. The number of halogens is 2. The van der Waals surface area contributed by atoms with Crippen LogP contribution >= 0.6 is 0 Å². The Morgan fingerprint density at radius 3 is 2.53 bits per heavy atom. The molecule has 0 aliphatic carbocycles. The van der Waals surface area contributed by atoms with Crippen LogP contribution in [0, 0.1) is 11.6 Å². The maximum absolute atomic E-state index is 13.0. The molecule has 0 saturated carbocycles. The number of nitrogen functional groups attached to an aromatic ring is 1. The van der Waals surface area contributed by atoms with Gasteiger partial charge in [0.15, 0.2) is 21.5 Å². The van der Waals surface area contributed by atoms with Gasteiger partial charge >= 0.3 is 0 Å². The van der Waals surface area contributed by atoms with Gasteiger partial charge < -0.3 is 11.1 Å². The fourth-order valence-electron chi connectivity index (χ4n) is 1.67. The molecule has 1 aromatic rings. The molecule has 2 rings (SSSR count). The van der Waals surface area contributed by atoms with Crippen molar-refractivity contribution in [3.05, 3.63) is 40.8 Å². The van der Waals surface area contributed by atoms with Crippen molar-refractivity contribution in [3.8, 4) is 0 Å². The van der Waals surface area contributed by atoms with Crippen LogP contribution in [0.3, 0.4) is 0 Å². The second kappa shape index (κ2) is 4.61. The van der Waals surface area contributed by atoms with E-state index in [-0.39, 0.29) is 17.0 Å². The van der Waals surface area contributed by atoms with Gasteiger partial charge in [0.25, 0.3) is 5.91 Å². The van der Waals surface area contributed by atoms with E-state index in [0.29, 0.717) is 12.1 Å². The van der Waals surface area contributed by atoms with E-state index in [2.05, 4.69) is 5.32 Å². The Morgan fingerprint density at radius 1 is 1.32 bits per heavy atom. The van der Waals surface area contributed by atoms with E-state index in [1.807, 2.05) is 0 Å². The van der Waals surface area contributed by atoms with Crippen LogP contribution < -0.4 is 11.1 Å². The van der Waals surface area contributed by atoms with E-state index in [0.717, 1.165) is 5.41 Å². The van der Waals surface area contributed by atoms with Crippen LogP contribution in [0.5, 0.6) is 0 Å². The molecule has 1 aliphatic rings. The highest BCUT2D eigenvalue weighted by Crippen LogP contribution is 2.17. The van der Waals surface area contributed by atoms with Crippen molar-refractivity contribution in [1.29, 1.82) is 0 Å². The third-order valence-electron chi connectivity index (χ3n) is 2.58. The molecule has 1 atom stereocenters. The largest absolute Gasteiger partial charge is 0.398 e. The van der Waals surface area contributed by atoms with Crippen LogP contribution in [0.1, 0.15) is 10.4 Å². The van der Waals surface area contributed by atoms with Crippen molar-refractivity contribution in [2.75, 3.05) is 11.5 Å². The highest BCUT2D eigenvalue weighted by Gasteiger charge is 2.24. The minimum Gasteiger partial charge on any atom is -0.398 e. The Labute approximate surface area is 108 Å². The number of hydrogen-bond acceptors (Lipinski definition) is 4. The average Bonchev–Trinajstić information content (AvgIpc) is 2.63. The lowest BCUT2D eigenvalue weighted by Gasteiger charge is -2.11. The maximum atomic E-state index is 13.0. The first kappa shape index (κ1) is 13.5. The van der Waals surface area contributed by atoms with Gasteiger partial charge in [-0.15, -0.1) is 0 Å². The van der Waals surface area contributed by atoms with Gasteiger partial charge in [-0.05, 0) is 12.1 Å². The van der Waals surface area contributed by atoms with E-state index < -0.39 is 33.4 Å². The number of anilines is 1. The van der Waals surface area contributed by atoms with E-state index in [1.165, 1.54) is 6.08 Å². The highest BCUT2D eigenvalue weighted by atomic mass is 32.2. The predicted molar refractivity (Wildman–Crippen MR) is 65.0 cm³/mol. The Hall–Kier alpha value is -1.96. The third-order valence-corrected chi connectivity index (χ3v) is 3.98. The molecule has 1 heterocycles. The van der Waals surface area contributed by atoms with E-state index in [1.54, 1.807) is 0 Å². The minimum absolute atomic E-state index is 0.221. The number of benzene rings is 1. The molecule has 1 unspecified atom stereocenters. The minimum atomic E-state index is -3.31. The van der Waals surface area contributed by atoms with E-state index in [4.69, 9.17) is 5.73 Å². The fourth-order valence-corrected chi connectivity index (χ4v) is 2.91. The maximum Gasteiger partial charge on any atom is 0.253 e. The third kappa shape index (κ3) is 2.90. The summed E-state index contributed by atoms with van der Waals surface area (Å²) in [7, 11) is -3.31. The number of nitrogens with two attached hydrogens (primary N) is 1. The van der Waals surface area contributed by atoms with Gasteiger partial charge in [-0.1, -0.05) is 0 Å². The molecule has 0 spiro atoms. The summed E-state index contributed by atoms with van der Waals surface area (Å²) in [6, 6.07) is 0.670. The molecule has 0 radical (unpaired) electrons. The van der Waals surface area contributed by atoms with E-state index in [9.17, 15) is 22.0 Å². The van der Waals surface area contributed by atoms with Crippen molar-refractivity contribution in [2.45, 2.75) is 6.04 Å². The van der Waals surface area contributed by atoms with Crippen LogP contribution in [-0.4, -0.2) is 26.1 Å². The average molecular weight is 288 g/mol. The van der Waals surface area contributed by atoms with Gasteiger partial charge in [-0.25, -0.2) is 17.2 Å². The summed E-state index contributed by atoms with van der Waals surface area (Å²) in [5.41, 5.74) is 4.95. The second-order valence-electron chi connectivity index (χ2n) is 4.09. The first-order valence-corrected chi connectivity index (χ1v) is 6.96. The molecular formula is C11H10F2N2O3S. The number of carbonyl (C=O) groups excluding carboxylic acids is 1. The highest BCUT2D eigenvalue weighted by molar-refractivity contribution is 7.94. The van der Waals surface area contributed by atoms with E-state index >= 15 is 0 Å². The summed E-state index contributed by atoms with van der Waals surface area (Å²) in [5, 5.41) is 3.36. The van der Waals surface area contributed by atoms with Gasteiger partial charge in [0, 0.05) is 17.2 Å². The summed E-state index contributed by atoms with van der Waals surface area (Å²) in [6.45, 7) is 0. The molecule has 1 amide bonds. The molecule has 3 N–H and O–H groups in total. The van der Waals surface area contributed by atoms with Gasteiger partial charge in [0.2, 0.25) is 0 Å². The summed E-state index contributed by atoms with van der Waals surface area (Å²) < 4.78 is 48.2. The second-order valence-corrected chi connectivity index (χ2v) is 6.02. The Morgan fingerprint density at radius 2 is 1.95 bits per heavy atom. The number of nitrogens with one attached hydrogen (secondary N) is 1. The monoisotopic (exact) mass is 288 g/mol. The van der Waals surface area contributed by atoms with Gasteiger partial charge in [0.05, 0.1) is 17.4 Å². The summed E-state index contributed by atoms with van der Waals surface area (Å²) in [6.07, 6.45) is 1.31. The first-order valence-electron chi connectivity index (χ1n) is 5.25. The van der Waals surface area contributed by atoms with Gasteiger partial charge in [0.1, 0.15) is 0 Å². The zero-order valence-electron chi connectivity index (χ0n) is 9.56. The van der Waals surface area contributed by atoms with Crippen molar-refractivity contribution in [3.63, 3.8) is 0 Å². The zero-order valence-corrected chi connectivity index (χ0v) is 10.4. The lowest BCUT2D eigenvalue weighted by Crippen LogP contribution is -2.35. The van der Waals surface area contributed by atoms with Crippen molar-refractivity contribution >= 4 is 21.4 Å². The topological polar surface area (TPSA) is 89.3 Å². The molecule has 0 saturated heterocycles. The molecule has 0 aromatic heterocycles. The molecule has 102 valence electrons. The Kier molecular flexibility index (Phi) is 3.27. The number of carbonyl (C=O) groups is 1.